The summed E-state index contributed by atoms with van der Waals surface area (Å²) in [5.74, 6) is 0.0189. The summed E-state index contributed by atoms with van der Waals surface area (Å²) in [6.07, 6.45) is 0.568. The Labute approximate surface area is 235 Å². The third-order valence-electron chi connectivity index (χ3n) is 9.15. The van der Waals surface area contributed by atoms with Crippen LogP contribution >= 0.6 is 0 Å². The Hall–Kier alpha value is -2.84. The number of hydrogen-bond donors (Lipinski definition) is 1. The van der Waals surface area contributed by atoms with Crippen LogP contribution in [0.15, 0.2) is 42.5 Å². The lowest BCUT2D eigenvalue weighted by Crippen LogP contribution is -2.76. The smallest absolute Gasteiger partial charge is 0.255 e. The number of carbonyl (C=O) groups excluding carboxylic acids is 3. The highest BCUT2D eigenvalue weighted by molar-refractivity contribution is 6.54. The van der Waals surface area contributed by atoms with Gasteiger partial charge in [-0.05, 0) is 41.0 Å². The predicted octanol–water partition coefficient (Wildman–Crippen LogP) is -4.38. The van der Waals surface area contributed by atoms with Crippen LogP contribution in [0.5, 0.6) is 5.75 Å². The molecule has 0 bridgehead atoms. The van der Waals surface area contributed by atoms with Crippen LogP contribution in [0.1, 0.15) is 39.9 Å². The first-order valence-corrected chi connectivity index (χ1v) is 13.8. The number of nitrogens with zero attached hydrogens (tertiary/aromatic N) is 2. The number of ether oxygens (including phenoxy) is 2. The molecule has 0 spiro atoms. The highest BCUT2D eigenvalue weighted by Gasteiger charge is 2.49. The van der Waals surface area contributed by atoms with Crippen molar-refractivity contribution in [2.45, 2.75) is 61.3 Å². The van der Waals surface area contributed by atoms with E-state index in [4.69, 9.17) is 9.47 Å². The van der Waals surface area contributed by atoms with Crippen molar-refractivity contribution in [2.75, 3.05) is 0 Å². The Morgan fingerprint density at radius 1 is 1.00 bits per heavy atom. The second kappa shape index (κ2) is 10.3. The van der Waals surface area contributed by atoms with E-state index in [0.29, 0.717) is 30.3 Å². The minimum absolute atomic E-state index is 0.131. The van der Waals surface area contributed by atoms with Crippen molar-refractivity contribution in [3.05, 3.63) is 64.7 Å². The van der Waals surface area contributed by atoms with E-state index in [1.54, 1.807) is 17.0 Å². The Balaban J connectivity index is 1.25. The molecule has 2 fully saturated rings. The molecule has 5 rings (SSSR count). The molecule has 3 aliphatic heterocycles. The highest BCUT2D eigenvalue weighted by atomic mass is 16.5. The summed E-state index contributed by atoms with van der Waals surface area (Å²) >= 11 is 0. The van der Waals surface area contributed by atoms with Gasteiger partial charge in [-0.2, -0.15) is 0 Å². The van der Waals surface area contributed by atoms with Crippen molar-refractivity contribution in [1.29, 1.82) is 0 Å². The summed E-state index contributed by atoms with van der Waals surface area (Å²) in [6, 6.07) is 13.4. The van der Waals surface area contributed by atoms with Gasteiger partial charge in [-0.1, -0.05) is 30.3 Å². The Kier molecular flexibility index (Phi) is 7.31. The van der Waals surface area contributed by atoms with E-state index >= 15 is 0 Å². The number of carbonyl (C=O) groups is 3. The first kappa shape index (κ1) is 27.7. The first-order valence-electron chi connectivity index (χ1n) is 13.8. The van der Waals surface area contributed by atoms with Gasteiger partial charge in [-0.25, -0.2) is 0 Å². The number of benzene rings is 2. The lowest BCUT2D eigenvalue weighted by molar-refractivity contribution is -0.136. The molecule has 1 N–H and O–H groups in total. The number of fused-ring (bicyclic) bond motifs is 1. The van der Waals surface area contributed by atoms with Crippen molar-refractivity contribution < 1.29 is 23.9 Å². The molecule has 0 aliphatic carbocycles. The third kappa shape index (κ3) is 5.09. The van der Waals surface area contributed by atoms with Gasteiger partial charge in [0.25, 0.3) is 5.91 Å². The number of piperidine rings is 1. The van der Waals surface area contributed by atoms with Crippen LogP contribution in [0.4, 0.5) is 0 Å². The minimum atomic E-state index is -0.643. The molecule has 2 aromatic carbocycles. The number of imide groups is 1. The Bertz CT molecular complexity index is 1310. The second-order valence-corrected chi connectivity index (χ2v) is 12.0. The SMILES string of the molecule is BC1OC(B)(B)C(B)(B)N(Cc2ccc(COc3cccc4c3CN(C3CCC(=O)NC3=O)C4=O)cc2)C1B. The van der Waals surface area contributed by atoms with Gasteiger partial charge < -0.3 is 19.3 Å². The average Bonchev–Trinajstić information content (AvgIpc) is 3.21. The van der Waals surface area contributed by atoms with Crippen molar-refractivity contribution in [1.82, 2.24) is 15.1 Å². The van der Waals surface area contributed by atoms with Gasteiger partial charge in [0.1, 0.15) is 65.5 Å². The fraction of sp³-hybridized carbons (Fsp3) is 0.400. The van der Waals surface area contributed by atoms with Crippen LogP contribution in [0, 0.1) is 0 Å². The van der Waals surface area contributed by atoms with Crippen molar-refractivity contribution in [3.8, 4) is 5.75 Å². The second-order valence-electron chi connectivity index (χ2n) is 12.0. The summed E-state index contributed by atoms with van der Waals surface area (Å²) in [7, 11) is 13.2. The molecule has 3 heterocycles. The fourth-order valence-electron chi connectivity index (χ4n) is 5.95. The van der Waals surface area contributed by atoms with Crippen molar-refractivity contribution in [3.63, 3.8) is 0 Å². The quantitative estimate of drug-likeness (QED) is 0.306. The summed E-state index contributed by atoms with van der Waals surface area (Å²) in [5.41, 5.74) is 3.59. The fourth-order valence-corrected chi connectivity index (χ4v) is 5.95. The number of morpholine rings is 1. The van der Waals surface area contributed by atoms with Crippen LogP contribution in [-0.4, -0.2) is 103 Å². The van der Waals surface area contributed by atoms with E-state index in [2.05, 4.69) is 81.6 Å². The summed E-state index contributed by atoms with van der Waals surface area (Å²) < 4.78 is 12.5. The van der Waals surface area contributed by atoms with Gasteiger partial charge in [0.15, 0.2) is 0 Å². The lowest BCUT2D eigenvalue weighted by atomic mass is 9.37. The monoisotopic (exact) mass is 521 g/mol. The van der Waals surface area contributed by atoms with Gasteiger partial charge in [-0.15, -0.1) is 0 Å². The molecule has 2 aromatic rings. The predicted molar refractivity (Wildman–Crippen MR) is 164 cm³/mol. The van der Waals surface area contributed by atoms with Gasteiger partial charge in [-0.3, -0.25) is 19.7 Å². The van der Waals surface area contributed by atoms with Crippen molar-refractivity contribution >= 4 is 64.8 Å². The summed E-state index contributed by atoms with van der Waals surface area (Å²) in [6.45, 7) is 1.49. The standard InChI is InChI=1S/C25H33B6N3O5/c26-20-21(27)39-25(30,31)24(28,29)34(20)10-13-4-6-14(7-5-13)12-38-18-3-1-2-15-16(18)11-33(23(15)37)17-8-9-19(35)32-22(17)36/h1-7,17,20-21H,8-12,26-31H2,(H,32,35,36). The molecule has 8 nitrogen and oxygen atoms in total. The molecule has 3 amide bonds. The molecular weight excluding hydrogens is 487 g/mol. The molecule has 0 aromatic heterocycles. The van der Waals surface area contributed by atoms with Crippen LogP contribution in [-0.2, 0) is 34.0 Å². The average molecular weight is 520 g/mol. The molecule has 39 heavy (non-hydrogen) atoms. The maximum atomic E-state index is 13.1. The largest absolute Gasteiger partial charge is 0.489 e. The van der Waals surface area contributed by atoms with E-state index in [0.717, 1.165) is 17.7 Å². The van der Waals surface area contributed by atoms with Crippen LogP contribution in [0.2, 0.25) is 0 Å². The zero-order valence-corrected chi connectivity index (χ0v) is 23.7. The topological polar surface area (TPSA) is 88.2 Å². The number of hydrogen-bond acceptors (Lipinski definition) is 6. The minimum Gasteiger partial charge on any atom is -0.489 e. The summed E-state index contributed by atoms with van der Waals surface area (Å²) in [4.78, 5) is 41.1. The van der Waals surface area contributed by atoms with Crippen LogP contribution < -0.4 is 10.1 Å². The molecule has 0 radical (unpaired) electrons. The molecule has 2 saturated heterocycles. The normalized spacial score (nSPS) is 26.2. The molecule has 196 valence electrons. The molecule has 14 heteroatoms. The maximum absolute atomic E-state index is 13.1. The van der Waals surface area contributed by atoms with E-state index in [-0.39, 0.29) is 41.5 Å². The zero-order chi connectivity index (χ0) is 28.1. The molecular formula is C25H33B6N3O5. The number of rotatable bonds is 6. The molecule has 0 saturated carbocycles. The summed E-state index contributed by atoms with van der Waals surface area (Å²) in [5, 5.41) is 1.95. The van der Waals surface area contributed by atoms with Crippen LogP contribution in [0.25, 0.3) is 0 Å². The van der Waals surface area contributed by atoms with Gasteiger partial charge >= 0.3 is 0 Å². The van der Waals surface area contributed by atoms with Crippen molar-refractivity contribution in [2.24, 2.45) is 0 Å². The van der Waals surface area contributed by atoms with Gasteiger partial charge in [0.2, 0.25) is 11.8 Å². The van der Waals surface area contributed by atoms with E-state index in [1.807, 2.05) is 6.07 Å². The number of amides is 3. The van der Waals surface area contributed by atoms with E-state index < -0.39 is 11.9 Å². The lowest BCUT2D eigenvalue weighted by Gasteiger charge is -2.60. The maximum Gasteiger partial charge on any atom is 0.255 e. The first-order chi connectivity index (χ1) is 18.4. The third-order valence-corrected chi connectivity index (χ3v) is 9.15. The van der Waals surface area contributed by atoms with Crippen LogP contribution in [0.3, 0.4) is 0 Å². The van der Waals surface area contributed by atoms with E-state index in [9.17, 15) is 14.4 Å². The Morgan fingerprint density at radius 2 is 1.69 bits per heavy atom. The highest BCUT2D eigenvalue weighted by Crippen LogP contribution is 2.35. The molecule has 3 aliphatic rings. The number of nitrogens with one attached hydrogen (secondary N) is 1. The Morgan fingerprint density at radius 3 is 2.38 bits per heavy atom. The van der Waals surface area contributed by atoms with Gasteiger partial charge in [0, 0.05) is 35.5 Å². The molecule has 3 unspecified atom stereocenters. The van der Waals surface area contributed by atoms with Gasteiger partial charge in [0.05, 0.1) is 6.54 Å². The molecule has 3 atom stereocenters. The van der Waals surface area contributed by atoms with E-state index in [1.165, 1.54) is 5.56 Å². The zero-order valence-electron chi connectivity index (χ0n) is 23.7.